The third kappa shape index (κ3) is 3.07. The number of aryl methyl sites for hydroxylation is 1. The van der Waals surface area contributed by atoms with Gasteiger partial charge in [-0.25, -0.2) is 0 Å². The van der Waals surface area contributed by atoms with Crippen LogP contribution in [0.1, 0.15) is 43.7 Å². The predicted molar refractivity (Wildman–Crippen MR) is 88.6 cm³/mol. The predicted octanol–water partition coefficient (Wildman–Crippen LogP) is 3.07. The van der Waals surface area contributed by atoms with Crippen LogP contribution in [0.4, 0.5) is 0 Å². The number of piperidine rings is 1. The molecule has 0 bridgehead atoms. The van der Waals surface area contributed by atoms with Gasteiger partial charge in [0.05, 0.1) is 6.54 Å². The van der Waals surface area contributed by atoms with Crippen LogP contribution in [0.2, 0.25) is 0 Å². The van der Waals surface area contributed by atoms with Gasteiger partial charge in [-0.05, 0) is 49.7 Å². The van der Waals surface area contributed by atoms with Crippen molar-refractivity contribution < 1.29 is 0 Å². The molecule has 1 aliphatic carbocycles. The van der Waals surface area contributed by atoms with Crippen LogP contribution >= 0.6 is 0 Å². The molecule has 1 aromatic carbocycles. The Morgan fingerprint density at radius 1 is 1.29 bits per heavy atom. The summed E-state index contributed by atoms with van der Waals surface area (Å²) < 4.78 is 0. The number of rotatable bonds is 3. The highest BCUT2D eigenvalue weighted by molar-refractivity contribution is 5.78. The van der Waals surface area contributed by atoms with Crippen molar-refractivity contribution in [3.05, 3.63) is 35.4 Å². The Kier molecular flexibility index (Phi) is 3.92. The molecule has 1 saturated heterocycles. The van der Waals surface area contributed by atoms with Crippen LogP contribution in [0.15, 0.2) is 29.3 Å². The van der Waals surface area contributed by atoms with Crippen LogP contribution in [0.3, 0.4) is 0 Å². The summed E-state index contributed by atoms with van der Waals surface area (Å²) in [5.41, 5.74) is 9.34. The maximum absolute atomic E-state index is 6.22. The molecule has 1 aromatic rings. The number of hydrogen-bond acceptors (Lipinski definition) is 1. The van der Waals surface area contributed by atoms with E-state index in [2.05, 4.69) is 43.0 Å². The van der Waals surface area contributed by atoms with Gasteiger partial charge in [0.2, 0.25) is 0 Å². The number of benzene rings is 1. The molecule has 3 rings (SSSR count). The molecule has 2 fully saturated rings. The molecule has 3 heteroatoms. The summed E-state index contributed by atoms with van der Waals surface area (Å²) in [5.74, 6) is 1.58. The molecule has 114 valence electrons. The van der Waals surface area contributed by atoms with Crippen molar-refractivity contribution in [2.24, 2.45) is 16.6 Å². The lowest BCUT2D eigenvalue weighted by Gasteiger charge is -2.31. The van der Waals surface area contributed by atoms with Crippen LogP contribution in [-0.2, 0) is 5.41 Å². The molecular formula is C18H27N3. The van der Waals surface area contributed by atoms with E-state index >= 15 is 0 Å². The summed E-state index contributed by atoms with van der Waals surface area (Å²) >= 11 is 0. The number of hydrogen-bond donors (Lipinski definition) is 1. The maximum Gasteiger partial charge on any atom is 0.191 e. The van der Waals surface area contributed by atoms with Gasteiger partial charge in [-0.15, -0.1) is 0 Å². The molecule has 21 heavy (non-hydrogen) atoms. The third-order valence-corrected chi connectivity index (χ3v) is 5.22. The monoisotopic (exact) mass is 285 g/mol. The van der Waals surface area contributed by atoms with E-state index in [0.717, 1.165) is 31.5 Å². The Labute approximate surface area is 128 Å². The van der Waals surface area contributed by atoms with Gasteiger partial charge in [0, 0.05) is 18.5 Å². The van der Waals surface area contributed by atoms with Crippen molar-refractivity contribution in [3.8, 4) is 0 Å². The Hall–Kier alpha value is -1.51. The highest BCUT2D eigenvalue weighted by Gasteiger charge is 2.44. The molecule has 0 radical (unpaired) electrons. The molecule has 1 heterocycles. The first-order chi connectivity index (χ1) is 10.1. The number of guanidine groups is 1. The van der Waals surface area contributed by atoms with Crippen molar-refractivity contribution in [1.82, 2.24) is 4.90 Å². The lowest BCUT2D eigenvalue weighted by atomic mass is 9.92. The summed E-state index contributed by atoms with van der Waals surface area (Å²) in [4.78, 5) is 7.00. The van der Waals surface area contributed by atoms with Crippen LogP contribution in [0.25, 0.3) is 0 Å². The fourth-order valence-corrected chi connectivity index (χ4v) is 3.40. The van der Waals surface area contributed by atoms with Gasteiger partial charge in [0.1, 0.15) is 0 Å². The Bertz CT molecular complexity index is 523. The fourth-order valence-electron chi connectivity index (χ4n) is 3.40. The van der Waals surface area contributed by atoms with Gasteiger partial charge < -0.3 is 10.6 Å². The van der Waals surface area contributed by atoms with Crippen molar-refractivity contribution in [2.75, 3.05) is 19.6 Å². The minimum Gasteiger partial charge on any atom is -0.370 e. The first-order valence-corrected chi connectivity index (χ1v) is 8.22. The van der Waals surface area contributed by atoms with Crippen LogP contribution in [0, 0.1) is 12.8 Å². The fraction of sp³-hybridized carbons (Fsp3) is 0.611. The molecule has 0 spiro atoms. The van der Waals surface area contributed by atoms with E-state index < -0.39 is 0 Å². The average molecular weight is 285 g/mol. The van der Waals surface area contributed by atoms with Crippen molar-refractivity contribution in [2.45, 2.75) is 44.9 Å². The maximum atomic E-state index is 6.22. The molecular weight excluding hydrogens is 258 g/mol. The van der Waals surface area contributed by atoms with E-state index in [0.29, 0.717) is 0 Å². The zero-order chi connectivity index (χ0) is 14.9. The van der Waals surface area contributed by atoms with E-state index in [-0.39, 0.29) is 5.41 Å². The van der Waals surface area contributed by atoms with E-state index in [1.54, 1.807) is 0 Å². The van der Waals surface area contributed by atoms with E-state index in [4.69, 9.17) is 10.7 Å². The lowest BCUT2D eigenvalue weighted by Crippen LogP contribution is -2.42. The van der Waals surface area contributed by atoms with Crippen molar-refractivity contribution >= 4 is 5.96 Å². The number of aliphatic imine (C=N–C) groups is 1. The number of nitrogens with zero attached hydrogens (tertiary/aromatic N) is 2. The molecule has 0 unspecified atom stereocenters. The van der Waals surface area contributed by atoms with Crippen LogP contribution < -0.4 is 5.73 Å². The van der Waals surface area contributed by atoms with Gasteiger partial charge in [-0.1, -0.05) is 31.2 Å². The topological polar surface area (TPSA) is 41.6 Å². The van der Waals surface area contributed by atoms with Crippen molar-refractivity contribution in [3.63, 3.8) is 0 Å². The molecule has 0 atom stereocenters. The summed E-state index contributed by atoms with van der Waals surface area (Å²) in [6.45, 7) is 7.49. The van der Waals surface area contributed by atoms with Gasteiger partial charge in [0.25, 0.3) is 0 Å². The van der Waals surface area contributed by atoms with Crippen LogP contribution in [0.5, 0.6) is 0 Å². The minimum atomic E-state index is 0.263. The lowest BCUT2D eigenvalue weighted by molar-refractivity contribution is 0.277. The molecule has 3 nitrogen and oxygen atoms in total. The highest BCUT2D eigenvalue weighted by atomic mass is 15.3. The largest absolute Gasteiger partial charge is 0.370 e. The molecule has 0 aromatic heterocycles. The highest BCUT2D eigenvalue weighted by Crippen LogP contribution is 2.49. The summed E-state index contributed by atoms with van der Waals surface area (Å²) in [5, 5.41) is 0. The molecule has 1 saturated carbocycles. The Balaban J connectivity index is 1.66. The van der Waals surface area contributed by atoms with Gasteiger partial charge in [-0.3, -0.25) is 4.99 Å². The molecule has 1 aliphatic heterocycles. The summed E-state index contributed by atoms with van der Waals surface area (Å²) in [6, 6.07) is 8.72. The van der Waals surface area contributed by atoms with Gasteiger partial charge >= 0.3 is 0 Å². The zero-order valence-electron chi connectivity index (χ0n) is 13.3. The first kappa shape index (κ1) is 14.4. The second-order valence-electron chi connectivity index (χ2n) is 6.94. The average Bonchev–Trinajstić information content (AvgIpc) is 3.27. The van der Waals surface area contributed by atoms with Gasteiger partial charge in [0.15, 0.2) is 5.96 Å². The molecule has 2 N–H and O–H groups in total. The SMILES string of the molecule is Cc1ccccc1C1(CN=C(N)N2CCC(C)CC2)CC1. The van der Waals surface area contributed by atoms with E-state index in [1.165, 1.54) is 36.8 Å². The smallest absolute Gasteiger partial charge is 0.191 e. The third-order valence-electron chi connectivity index (χ3n) is 5.22. The molecule has 0 amide bonds. The van der Waals surface area contributed by atoms with Gasteiger partial charge in [-0.2, -0.15) is 0 Å². The minimum absolute atomic E-state index is 0.263. The normalized spacial score (nSPS) is 22.4. The van der Waals surface area contributed by atoms with E-state index in [9.17, 15) is 0 Å². The Morgan fingerprint density at radius 3 is 2.57 bits per heavy atom. The first-order valence-electron chi connectivity index (χ1n) is 8.22. The number of likely N-dealkylation sites (tertiary alicyclic amines) is 1. The van der Waals surface area contributed by atoms with Crippen molar-refractivity contribution in [1.29, 1.82) is 0 Å². The second-order valence-corrected chi connectivity index (χ2v) is 6.94. The quantitative estimate of drug-likeness (QED) is 0.685. The van der Waals surface area contributed by atoms with E-state index in [1.807, 2.05) is 0 Å². The standard InChI is InChI=1S/C18H27N3/c1-14-7-11-21(12-8-14)17(19)20-13-18(9-10-18)16-6-4-3-5-15(16)2/h3-6,14H,7-13H2,1-2H3,(H2,19,20). The number of nitrogens with two attached hydrogens (primary N) is 1. The van der Waals surface area contributed by atoms with Crippen LogP contribution in [-0.4, -0.2) is 30.5 Å². The second kappa shape index (κ2) is 5.70. The zero-order valence-corrected chi connectivity index (χ0v) is 13.3. The summed E-state index contributed by atoms with van der Waals surface area (Å²) in [6.07, 6.45) is 4.95. The molecule has 2 aliphatic rings. The summed E-state index contributed by atoms with van der Waals surface area (Å²) in [7, 11) is 0. The Morgan fingerprint density at radius 2 is 1.95 bits per heavy atom.